The zero-order valence-electron chi connectivity index (χ0n) is 11.9. The topological polar surface area (TPSA) is 69.6 Å². The highest BCUT2D eigenvalue weighted by atomic mass is 32.2. The van der Waals surface area contributed by atoms with Gasteiger partial charge in [-0.25, -0.2) is 4.79 Å². The zero-order chi connectivity index (χ0) is 14.4. The van der Waals surface area contributed by atoms with E-state index < -0.39 is 5.97 Å². The fourth-order valence-electron chi connectivity index (χ4n) is 2.31. The van der Waals surface area contributed by atoms with Gasteiger partial charge >= 0.3 is 12.0 Å². The molecule has 2 amide bonds. The smallest absolute Gasteiger partial charge is 0.317 e. The zero-order valence-corrected chi connectivity index (χ0v) is 12.7. The number of aliphatic carboxylic acids is 1. The number of carbonyl (C=O) groups excluding carboxylic acids is 1. The minimum atomic E-state index is -0.713. The first-order chi connectivity index (χ1) is 8.95. The van der Waals surface area contributed by atoms with Crippen LogP contribution in [-0.4, -0.2) is 53.1 Å². The van der Waals surface area contributed by atoms with Crippen LogP contribution in [0.1, 0.15) is 32.6 Å². The summed E-state index contributed by atoms with van der Waals surface area (Å²) in [6, 6.07) is 0.262. The highest BCUT2D eigenvalue weighted by Gasteiger charge is 2.27. The lowest BCUT2D eigenvalue weighted by molar-refractivity contribution is -0.142. The molecule has 2 N–H and O–H groups in total. The summed E-state index contributed by atoms with van der Waals surface area (Å²) in [5.41, 5.74) is 0. The Morgan fingerprint density at radius 1 is 1.37 bits per heavy atom. The molecule has 0 aromatic heterocycles. The molecule has 0 radical (unpaired) electrons. The van der Waals surface area contributed by atoms with E-state index in [1.807, 2.05) is 13.2 Å². The molecule has 110 valence electrons. The molecule has 5 nitrogen and oxygen atoms in total. The second-order valence-electron chi connectivity index (χ2n) is 5.25. The van der Waals surface area contributed by atoms with Crippen molar-refractivity contribution >= 4 is 23.8 Å². The summed E-state index contributed by atoms with van der Waals surface area (Å²) in [7, 11) is 1.80. The van der Waals surface area contributed by atoms with E-state index in [0.29, 0.717) is 12.8 Å². The van der Waals surface area contributed by atoms with Gasteiger partial charge in [-0.1, -0.05) is 0 Å². The van der Waals surface area contributed by atoms with Crippen molar-refractivity contribution in [3.63, 3.8) is 0 Å². The van der Waals surface area contributed by atoms with Crippen LogP contribution in [0.3, 0.4) is 0 Å². The van der Waals surface area contributed by atoms with Gasteiger partial charge in [0.25, 0.3) is 0 Å². The average Bonchev–Trinajstić information content (AvgIpc) is 2.38. The minimum absolute atomic E-state index is 0.0553. The molecular formula is C13H24N2O3S. The van der Waals surface area contributed by atoms with Crippen LogP contribution in [0.15, 0.2) is 0 Å². The van der Waals surface area contributed by atoms with E-state index in [4.69, 9.17) is 5.11 Å². The van der Waals surface area contributed by atoms with E-state index in [1.165, 1.54) is 0 Å². The van der Waals surface area contributed by atoms with E-state index in [1.54, 1.807) is 23.7 Å². The molecule has 1 unspecified atom stereocenters. The van der Waals surface area contributed by atoms with Crippen LogP contribution in [0.5, 0.6) is 0 Å². The summed E-state index contributed by atoms with van der Waals surface area (Å²) < 4.78 is 0. The fraction of sp³-hybridized carbons (Fsp3) is 0.846. The summed E-state index contributed by atoms with van der Waals surface area (Å²) in [5.74, 6) is -0.0350. The largest absolute Gasteiger partial charge is 0.481 e. The number of nitrogens with one attached hydrogen (secondary N) is 1. The molecule has 1 rings (SSSR count). The quantitative estimate of drug-likeness (QED) is 0.812. The van der Waals surface area contributed by atoms with Crippen LogP contribution >= 0.6 is 11.8 Å². The Bertz CT molecular complexity index is 317. The van der Waals surface area contributed by atoms with Crippen molar-refractivity contribution in [1.82, 2.24) is 10.2 Å². The van der Waals surface area contributed by atoms with Gasteiger partial charge in [0, 0.05) is 24.9 Å². The maximum absolute atomic E-state index is 12.0. The maximum Gasteiger partial charge on any atom is 0.317 e. The molecule has 0 saturated heterocycles. The fourth-order valence-corrected chi connectivity index (χ4v) is 3.02. The summed E-state index contributed by atoms with van der Waals surface area (Å²) in [6.07, 6.45) is 4.85. The van der Waals surface area contributed by atoms with Gasteiger partial charge in [0.15, 0.2) is 0 Å². The third-order valence-corrected chi connectivity index (χ3v) is 4.61. The third-order valence-electron chi connectivity index (χ3n) is 3.79. The number of carboxylic acids is 1. The number of hydrogen-bond acceptors (Lipinski definition) is 3. The van der Waals surface area contributed by atoms with Crippen LogP contribution < -0.4 is 5.32 Å². The first kappa shape index (κ1) is 16.1. The van der Waals surface area contributed by atoms with Crippen LogP contribution in [-0.2, 0) is 4.79 Å². The van der Waals surface area contributed by atoms with E-state index >= 15 is 0 Å². The van der Waals surface area contributed by atoms with Crippen LogP contribution in [0, 0.1) is 5.92 Å². The second-order valence-corrected chi connectivity index (χ2v) is 6.16. The van der Waals surface area contributed by atoms with Gasteiger partial charge in [0.05, 0.1) is 5.92 Å². The molecule has 0 heterocycles. The van der Waals surface area contributed by atoms with Crippen molar-refractivity contribution in [1.29, 1.82) is 0 Å². The predicted molar refractivity (Wildman–Crippen MR) is 77.5 cm³/mol. The van der Waals surface area contributed by atoms with Crippen molar-refractivity contribution in [3.8, 4) is 0 Å². The molecule has 1 saturated carbocycles. The highest BCUT2D eigenvalue weighted by molar-refractivity contribution is 7.98. The molecular weight excluding hydrogens is 264 g/mol. The van der Waals surface area contributed by atoms with Gasteiger partial charge in [-0.05, 0) is 38.9 Å². The minimum Gasteiger partial charge on any atom is -0.481 e. The SMILES string of the molecule is CSCC(C)N(C)C(=O)NC1CCC(C(=O)O)CC1. The van der Waals surface area contributed by atoms with Gasteiger partial charge < -0.3 is 15.3 Å². The van der Waals surface area contributed by atoms with Crippen molar-refractivity contribution in [3.05, 3.63) is 0 Å². The third kappa shape index (κ3) is 4.93. The number of amides is 2. The van der Waals surface area contributed by atoms with Gasteiger partial charge in [-0.2, -0.15) is 11.8 Å². The van der Waals surface area contributed by atoms with Gasteiger partial charge in [-0.3, -0.25) is 4.79 Å². The maximum atomic E-state index is 12.0. The monoisotopic (exact) mass is 288 g/mol. The van der Waals surface area contributed by atoms with E-state index in [2.05, 4.69) is 5.32 Å². The van der Waals surface area contributed by atoms with E-state index in [-0.39, 0.29) is 24.0 Å². The first-order valence-electron chi connectivity index (χ1n) is 6.70. The molecule has 0 bridgehead atoms. The van der Waals surface area contributed by atoms with Crippen molar-refractivity contribution < 1.29 is 14.7 Å². The van der Waals surface area contributed by atoms with Crippen LogP contribution in [0.2, 0.25) is 0 Å². The Kier molecular flexibility index (Phi) is 6.48. The van der Waals surface area contributed by atoms with Crippen molar-refractivity contribution in [2.24, 2.45) is 5.92 Å². The Hall–Kier alpha value is -0.910. The Morgan fingerprint density at radius 3 is 2.42 bits per heavy atom. The van der Waals surface area contributed by atoms with Gasteiger partial charge in [0.2, 0.25) is 0 Å². The van der Waals surface area contributed by atoms with Gasteiger partial charge in [-0.15, -0.1) is 0 Å². The summed E-state index contributed by atoms with van der Waals surface area (Å²) >= 11 is 1.72. The number of rotatable bonds is 5. The summed E-state index contributed by atoms with van der Waals surface area (Å²) in [6.45, 7) is 2.03. The summed E-state index contributed by atoms with van der Waals surface area (Å²) in [4.78, 5) is 24.6. The van der Waals surface area contributed by atoms with Crippen LogP contribution in [0.4, 0.5) is 4.79 Å². The Morgan fingerprint density at radius 2 is 1.95 bits per heavy atom. The highest BCUT2D eigenvalue weighted by Crippen LogP contribution is 2.24. The van der Waals surface area contributed by atoms with Crippen molar-refractivity contribution in [2.45, 2.75) is 44.7 Å². The predicted octanol–water partition coefficient (Wildman–Crippen LogP) is 2.02. The lowest BCUT2D eigenvalue weighted by Crippen LogP contribution is -2.48. The molecule has 1 aliphatic carbocycles. The number of nitrogens with zero attached hydrogens (tertiary/aromatic N) is 1. The normalized spacial score (nSPS) is 24.6. The number of carboxylic acid groups (broad SMARTS) is 1. The molecule has 0 spiro atoms. The molecule has 1 atom stereocenters. The lowest BCUT2D eigenvalue weighted by Gasteiger charge is -2.30. The molecule has 0 aromatic carbocycles. The summed E-state index contributed by atoms with van der Waals surface area (Å²) in [5, 5.41) is 11.9. The van der Waals surface area contributed by atoms with Gasteiger partial charge in [0.1, 0.15) is 0 Å². The van der Waals surface area contributed by atoms with E-state index in [9.17, 15) is 9.59 Å². The van der Waals surface area contributed by atoms with Crippen molar-refractivity contribution in [2.75, 3.05) is 19.1 Å². The molecule has 19 heavy (non-hydrogen) atoms. The standard InChI is InChI=1S/C13H24N2O3S/c1-9(8-19-3)15(2)13(18)14-11-6-4-10(5-7-11)12(16)17/h9-11H,4-8H2,1-3H3,(H,14,18)(H,16,17). The average molecular weight is 288 g/mol. The number of thioether (sulfide) groups is 1. The molecule has 0 aromatic rings. The van der Waals surface area contributed by atoms with Crippen LogP contribution in [0.25, 0.3) is 0 Å². The molecule has 1 fully saturated rings. The Labute approximate surface area is 119 Å². The number of hydrogen-bond donors (Lipinski definition) is 2. The molecule has 6 heteroatoms. The lowest BCUT2D eigenvalue weighted by atomic mass is 9.86. The Balaban J connectivity index is 2.36. The first-order valence-corrected chi connectivity index (χ1v) is 8.10. The van der Waals surface area contributed by atoms with E-state index in [0.717, 1.165) is 18.6 Å². The number of urea groups is 1. The molecule has 0 aliphatic heterocycles. The number of carbonyl (C=O) groups is 2. The molecule has 1 aliphatic rings. The second kappa shape index (κ2) is 7.62.